The number of carbonyl (C=O) groups is 1. The second-order valence-electron chi connectivity index (χ2n) is 4.35. The second kappa shape index (κ2) is 6.57. The molecule has 2 aromatic rings. The molecule has 0 aliphatic carbocycles. The van der Waals surface area contributed by atoms with Crippen LogP contribution in [0.5, 0.6) is 0 Å². The first-order valence-electron chi connectivity index (χ1n) is 5.97. The van der Waals surface area contributed by atoms with Crippen molar-refractivity contribution in [3.63, 3.8) is 0 Å². The van der Waals surface area contributed by atoms with E-state index in [1.807, 2.05) is 6.07 Å². The largest absolute Gasteiger partial charge is 0.352 e. The highest BCUT2D eigenvalue weighted by Gasteiger charge is 2.08. The van der Waals surface area contributed by atoms with Crippen LogP contribution >= 0.6 is 22.9 Å². The topological polar surface area (TPSA) is 89.3 Å². The molecular formula is C13H13ClN2O3S2. The van der Waals surface area contributed by atoms with E-state index in [9.17, 15) is 13.2 Å². The molecule has 112 valence electrons. The molecule has 0 spiro atoms. The van der Waals surface area contributed by atoms with Crippen molar-refractivity contribution >= 4 is 38.9 Å². The molecule has 1 amide bonds. The van der Waals surface area contributed by atoms with Gasteiger partial charge < -0.3 is 5.32 Å². The minimum Gasteiger partial charge on any atom is -0.352 e. The zero-order valence-corrected chi connectivity index (χ0v) is 13.3. The summed E-state index contributed by atoms with van der Waals surface area (Å²) in [5.41, 5.74) is 0.792. The molecular weight excluding hydrogens is 332 g/mol. The minimum atomic E-state index is -3.69. The van der Waals surface area contributed by atoms with Gasteiger partial charge >= 0.3 is 0 Å². The lowest BCUT2D eigenvalue weighted by molar-refractivity contribution is -0.120. The van der Waals surface area contributed by atoms with Crippen molar-refractivity contribution < 1.29 is 13.2 Å². The summed E-state index contributed by atoms with van der Waals surface area (Å²) in [4.78, 5) is 12.7. The Hall–Kier alpha value is -1.41. The molecule has 0 fully saturated rings. The van der Waals surface area contributed by atoms with Crippen molar-refractivity contribution in [2.75, 3.05) is 0 Å². The molecule has 0 aliphatic heterocycles. The normalized spacial score (nSPS) is 11.3. The van der Waals surface area contributed by atoms with Crippen molar-refractivity contribution in [1.29, 1.82) is 0 Å². The molecule has 0 bridgehead atoms. The van der Waals surface area contributed by atoms with Gasteiger partial charge in [-0.15, -0.1) is 11.3 Å². The Balaban J connectivity index is 1.89. The van der Waals surface area contributed by atoms with Crippen LogP contribution in [0.3, 0.4) is 0 Å². The van der Waals surface area contributed by atoms with Gasteiger partial charge in [0.2, 0.25) is 15.9 Å². The third kappa shape index (κ3) is 4.82. The summed E-state index contributed by atoms with van der Waals surface area (Å²) >= 11 is 7.16. The van der Waals surface area contributed by atoms with Crippen molar-refractivity contribution in [3.8, 4) is 0 Å². The fraction of sp³-hybridized carbons (Fsp3) is 0.154. The molecule has 3 N–H and O–H groups in total. The van der Waals surface area contributed by atoms with Gasteiger partial charge in [-0.05, 0) is 29.8 Å². The van der Waals surface area contributed by atoms with Gasteiger partial charge in [0, 0.05) is 11.4 Å². The Morgan fingerprint density at radius 2 is 1.86 bits per heavy atom. The van der Waals surface area contributed by atoms with Crippen LogP contribution in [0.25, 0.3) is 0 Å². The van der Waals surface area contributed by atoms with Gasteiger partial charge in [0.15, 0.2) is 0 Å². The fourth-order valence-electron chi connectivity index (χ4n) is 1.67. The third-order valence-corrected chi connectivity index (χ3v) is 4.87. The number of halogens is 1. The summed E-state index contributed by atoms with van der Waals surface area (Å²) in [7, 11) is -3.69. The lowest BCUT2D eigenvalue weighted by Gasteiger charge is -2.05. The number of rotatable bonds is 5. The Morgan fingerprint density at radius 1 is 1.19 bits per heavy atom. The maximum atomic E-state index is 11.8. The van der Waals surface area contributed by atoms with Gasteiger partial charge in [0.1, 0.15) is 0 Å². The number of nitrogens with two attached hydrogens (primary N) is 1. The van der Waals surface area contributed by atoms with Crippen LogP contribution in [0.1, 0.15) is 10.4 Å². The van der Waals surface area contributed by atoms with Gasteiger partial charge in [-0.1, -0.05) is 23.7 Å². The smallest absolute Gasteiger partial charge is 0.238 e. The molecule has 8 heteroatoms. The predicted octanol–water partition coefficient (Wildman–Crippen LogP) is 1.91. The van der Waals surface area contributed by atoms with E-state index >= 15 is 0 Å². The molecule has 1 aromatic heterocycles. The van der Waals surface area contributed by atoms with E-state index in [0.29, 0.717) is 10.9 Å². The Bertz CT molecular complexity index is 739. The average Bonchev–Trinajstić information content (AvgIpc) is 2.81. The van der Waals surface area contributed by atoms with E-state index in [-0.39, 0.29) is 17.2 Å². The number of sulfonamides is 1. The Labute approximate surface area is 131 Å². The van der Waals surface area contributed by atoms with Crippen molar-refractivity contribution in [2.45, 2.75) is 17.9 Å². The van der Waals surface area contributed by atoms with Gasteiger partial charge in [-0.3, -0.25) is 4.79 Å². The van der Waals surface area contributed by atoms with Crippen LogP contribution < -0.4 is 10.5 Å². The van der Waals surface area contributed by atoms with Crippen LogP contribution in [-0.4, -0.2) is 14.3 Å². The van der Waals surface area contributed by atoms with E-state index in [0.717, 1.165) is 10.4 Å². The Kier molecular flexibility index (Phi) is 5.00. The standard InChI is InChI=1S/C13H13ClN2O3S2/c14-12-6-3-10(20-12)7-13(17)16-8-9-1-4-11(5-2-9)21(15,18)19/h1-6H,7-8H2,(H,16,17)(H2,15,18,19). The maximum absolute atomic E-state index is 11.8. The summed E-state index contributed by atoms with van der Waals surface area (Å²) in [6.45, 7) is 0.322. The molecule has 0 saturated heterocycles. The lowest BCUT2D eigenvalue weighted by atomic mass is 10.2. The second-order valence-corrected chi connectivity index (χ2v) is 7.71. The summed E-state index contributed by atoms with van der Waals surface area (Å²) < 4.78 is 22.9. The number of amides is 1. The molecule has 1 heterocycles. The van der Waals surface area contributed by atoms with E-state index in [1.54, 1.807) is 18.2 Å². The summed E-state index contributed by atoms with van der Waals surface area (Å²) in [5, 5.41) is 7.77. The fourth-order valence-corrected chi connectivity index (χ4v) is 3.27. The predicted molar refractivity (Wildman–Crippen MR) is 82.7 cm³/mol. The first kappa shape index (κ1) is 16.0. The highest BCUT2D eigenvalue weighted by molar-refractivity contribution is 7.89. The first-order valence-corrected chi connectivity index (χ1v) is 8.71. The number of nitrogens with one attached hydrogen (secondary N) is 1. The maximum Gasteiger partial charge on any atom is 0.238 e. The van der Waals surface area contributed by atoms with Gasteiger partial charge in [-0.2, -0.15) is 0 Å². The van der Waals surface area contributed by atoms with Crippen molar-refractivity contribution in [2.24, 2.45) is 5.14 Å². The van der Waals surface area contributed by atoms with E-state index in [2.05, 4.69) is 5.32 Å². The van der Waals surface area contributed by atoms with Crippen LogP contribution in [0.2, 0.25) is 4.34 Å². The van der Waals surface area contributed by atoms with E-state index in [1.165, 1.54) is 23.5 Å². The number of thiophene rings is 1. The van der Waals surface area contributed by atoms with Crippen LogP contribution in [-0.2, 0) is 27.8 Å². The number of primary sulfonamides is 1. The monoisotopic (exact) mass is 344 g/mol. The lowest BCUT2D eigenvalue weighted by Crippen LogP contribution is -2.24. The number of hydrogen-bond acceptors (Lipinski definition) is 4. The summed E-state index contributed by atoms with van der Waals surface area (Å²) in [6.07, 6.45) is 0.270. The number of carbonyl (C=O) groups excluding carboxylic acids is 1. The number of benzene rings is 1. The third-order valence-electron chi connectivity index (χ3n) is 2.71. The molecule has 0 radical (unpaired) electrons. The molecule has 0 atom stereocenters. The zero-order valence-electron chi connectivity index (χ0n) is 10.9. The molecule has 2 rings (SSSR count). The average molecular weight is 345 g/mol. The van der Waals surface area contributed by atoms with Gasteiger partial charge in [0.25, 0.3) is 0 Å². The SMILES string of the molecule is NS(=O)(=O)c1ccc(CNC(=O)Cc2ccc(Cl)s2)cc1. The van der Waals surface area contributed by atoms with Crippen LogP contribution in [0.4, 0.5) is 0 Å². The van der Waals surface area contributed by atoms with Gasteiger partial charge in [0.05, 0.1) is 15.7 Å². The van der Waals surface area contributed by atoms with E-state index < -0.39 is 10.0 Å². The molecule has 1 aromatic carbocycles. The van der Waals surface area contributed by atoms with Crippen LogP contribution in [0.15, 0.2) is 41.3 Å². The molecule has 0 saturated carbocycles. The molecule has 21 heavy (non-hydrogen) atoms. The first-order chi connectivity index (χ1) is 9.84. The molecule has 0 unspecified atom stereocenters. The molecule has 5 nitrogen and oxygen atoms in total. The van der Waals surface area contributed by atoms with Crippen molar-refractivity contribution in [3.05, 3.63) is 51.2 Å². The molecule has 0 aliphatic rings. The van der Waals surface area contributed by atoms with Crippen LogP contribution in [0, 0.1) is 0 Å². The highest BCUT2D eigenvalue weighted by atomic mass is 35.5. The zero-order chi connectivity index (χ0) is 15.5. The van der Waals surface area contributed by atoms with Crippen molar-refractivity contribution in [1.82, 2.24) is 5.32 Å². The van der Waals surface area contributed by atoms with E-state index in [4.69, 9.17) is 16.7 Å². The summed E-state index contributed by atoms with van der Waals surface area (Å²) in [6, 6.07) is 9.62. The quantitative estimate of drug-likeness (QED) is 0.868. The van der Waals surface area contributed by atoms with Gasteiger partial charge in [-0.25, -0.2) is 13.6 Å². The Morgan fingerprint density at radius 3 is 2.38 bits per heavy atom. The highest BCUT2D eigenvalue weighted by Crippen LogP contribution is 2.21. The summed E-state index contributed by atoms with van der Waals surface area (Å²) in [5.74, 6) is -0.121. The minimum absolute atomic E-state index is 0.0470. The number of hydrogen-bond donors (Lipinski definition) is 2.